The van der Waals surface area contributed by atoms with E-state index in [2.05, 4.69) is 4.98 Å². The van der Waals surface area contributed by atoms with E-state index in [1.807, 2.05) is 12.1 Å². The molecule has 5 nitrogen and oxygen atoms in total. The first-order chi connectivity index (χ1) is 8.63. The summed E-state index contributed by atoms with van der Waals surface area (Å²) in [4.78, 5) is 17.3. The molecule has 0 spiro atoms. The lowest BCUT2D eigenvalue weighted by molar-refractivity contribution is -0.131. The zero-order chi connectivity index (χ0) is 13.4. The van der Waals surface area contributed by atoms with Gasteiger partial charge in [0.05, 0.1) is 12.7 Å². The zero-order valence-electron chi connectivity index (χ0n) is 10.9. The van der Waals surface area contributed by atoms with Crippen LogP contribution in [0.25, 0.3) is 0 Å². The van der Waals surface area contributed by atoms with Crippen molar-refractivity contribution in [2.24, 2.45) is 0 Å². The van der Waals surface area contributed by atoms with Gasteiger partial charge in [-0.2, -0.15) is 0 Å². The number of carbonyl (C=O) groups excluding carboxylic acids is 1. The molecule has 1 amide bonds. The third-order valence-electron chi connectivity index (χ3n) is 2.65. The molecule has 0 saturated carbocycles. The Balaban J connectivity index is 2.32. The van der Waals surface area contributed by atoms with Crippen molar-refractivity contribution in [1.82, 2.24) is 9.88 Å². The van der Waals surface area contributed by atoms with Crippen LogP contribution in [0.3, 0.4) is 0 Å². The number of methoxy groups -OCH3 is 1. The first-order valence-corrected chi connectivity index (χ1v) is 5.93. The van der Waals surface area contributed by atoms with Gasteiger partial charge in [-0.3, -0.25) is 9.78 Å². The molecular weight excluding hydrogens is 232 g/mol. The SMILES string of the molecule is COCC(O)CN(C)C(=O)CCc1ccncc1. The van der Waals surface area contributed by atoms with Crippen molar-refractivity contribution < 1.29 is 14.6 Å². The molecule has 0 fully saturated rings. The number of aliphatic hydroxyl groups excluding tert-OH is 1. The smallest absolute Gasteiger partial charge is 0.222 e. The lowest BCUT2D eigenvalue weighted by Crippen LogP contribution is -2.36. The summed E-state index contributed by atoms with van der Waals surface area (Å²) in [5.41, 5.74) is 1.09. The number of nitrogens with zero attached hydrogens (tertiary/aromatic N) is 2. The van der Waals surface area contributed by atoms with Crippen LogP contribution >= 0.6 is 0 Å². The number of aliphatic hydroxyl groups is 1. The maximum atomic E-state index is 11.8. The standard InChI is InChI=1S/C13H20N2O3/c1-15(9-12(16)10-18-2)13(17)4-3-11-5-7-14-8-6-11/h5-8,12,16H,3-4,9-10H2,1-2H3. The number of carbonyl (C=O) groups is 1. The van der Waals surface area contributed by atoms with E-state index >= 15 is 0 Å². The molecule has 1 atom stereocenters. The van der Waals surface area contributed by atoms with Gasteiger partial charge in [-0.15, -0.1) is 0 Å². The van der Waals surface area contributed by atoms with Gasteiger partial charge in [-0.1, -0.05) is 0 Å². The van der Waals surface area contributed by atoms with E-state index in [0.717, 1.165) is 5.56 Å². The molecule has 1 aromatic rings. The molecule has 0 aromatic carbocycles. The largest absolute Gasteiger partial charge is 0.389 e. The Hall–Kier alpha value is -1.46. The molecule has 0 aliphatic rings. The summed E-state index contributed by atoms with van der Waals surface area (Å²) in [6.45, 7) is 0.533. The van der Waals surface area contributed by atoms with Crippen molar-refractivity contribution in [3.63, 3.8) is 0 Å². The summed E-state index contributed by atoms with van der Waals surface area (Å²) in [5.74, 6) is 0.0157. The zero-order valence-corrected chi connectivity index (χ0v) is 10.9. The average Bonchev–Trinajstić information content (AvgIpc) is 2.37. The molecule has 0 bridgehead atoms. The van der Waals surface area contributed by atoms with Crippen LogP contribution in [0.1, 0.15) is 12.0 Å². The van der Waals surface area contributed by atoms with Gasteiger partial charge in [0, 0.05) is 39.5 Å². The summed E-state index contributed by atoms with van der Waals surface area (Å²) < 4.78 is 4.82. The van der Waals surface area contributed by atoms with Crippen LogP contribution in [0.15, 0.2) is 24.5 Å². The van der Waals surface area contributed by atoms with Crippen molar-refractivity contribution in [2.45, 2.75) is 18.9 Å². The second kappa shape index (κ2) is 7.79. The molecule has 100 valence electrons. The fourth-order valence-electron chi connectivity index (χ4n) is 1.65. The molecule has 0 aliphatic carbocycles. The Morgan fingerprint density at radius 2 is 2.17 bits per heavy atom. The highest BCUT2D eigenvalue weighted by atomic mass is 16.5. The Bertz CT molecular complexity index is 357. The summed E-state index contributed by atoms with van der Waals surface area (Å²) >= 11 is 0. The minimum absolute atomic E-state index is 0.0157. The van der Waals surface area contributed by atoms with E-state index < -0.39 is 6.10 Å². The van der Waals surface area contributed by atoms with E-state index in [0.29, 0.717) is 19.4 Å². The van der Waals surface area contributed by atoms with Crippen molar-refractivity contribution in [2.75, 3.05) is 27.3 Å². The number of hydrogen-bond acceptors (Lipinski definition) is 4. The minimum Gasteiger partial charge on any atom is -0.389 e. The summed E-state index contributed by atoms with van der Waals surface area (Å²) in [7, 11) is 3.21. The van der Waals surface area contributed by atoms with Crippen LogP contribution in [0.2, 0.25) is 0 Å². The average molecular weight is 252 g/mol. The highest BCUT2D eigenvalue weighted by Crippen LogP contribution is 2.03. The van der Waals surface area contributed by atoms with Gasteiger partial charge >= 0.3 is 0 Å². The normalized spacial score (nSPS) is 12.2. The Labute approximate surface area is 107 Å². The van der Waals surface area contributed by atoms with Crippen LogP contribution in [0, 0.1) is 0 Å². The number of hydrogen-bond donors (Lipinski definition) is 1. The minimum atomic E-state index is -0.634. The van der Waals surface area contributed by atoms with E-state index in [1.54, 1.807) is 19.4 Å². The van der Waals surface area contributed by atoms with Gasteiger partial charge in [-0.25, -0.2) is 0 Å². The van der Waals surface area contributed by atoms with Gasteiger partial charge in [0.2, 0.25) is 5.91 Å². The molecule has 18 heavy (non-hydrogen) atoms. The van der Waals surface area contributed by atoms with Crippen LogP contribution in [-0.4, -0.2) is 54.3 Å². The number of likely N-dealkylation sites (N-methyl/N-ethyl adjacent to an activating group) is 1. The molecule has 1 heterocycles. The van der Waals surface area contributed by atoms with E-state index in [9.17, 15) is 9.90 Å². The molecule has 1 rings (SSSR count). The number of amides is 1. The predicted octanol–water partition coefficient (Wildman–Crippen LogP) is 0.480. The van der Waals surface area contributed by atoms with Gasteiger partial charge in [0.15, 0.2) is 0 Å². The highest BCUT2D eigenvalue weighted by Gasteiger charge is 2.13. The fraction of sp³-hybridized carbons (Fsp3) is 0.538. The lowest BCUT2D eigenvalue weighted by atomic mass is 10.1. The van der Waals surface area contributed by atoms with E-state index in [4.69, 9.17) is 4.74 Å². The van der Waals surface area contributed by atoms with Gasteiger partial charge in [0.1, 0.15) is 0 Å². The van der Waals surface area contributed by atoms with Crippen LogP contribution in [0.4, 0.5) is 0 Å². The number of rotatable bonds is 7. The third-order valence-corrected chi connectivity index (χ3v) is 2.65. The van der Waals surface area contributed by atoms with Crippen molar-refractivity contribution >= 4 is 5.91 Å². The van der Waals surface area contributed by atoms with E-state index in [1.165, 1.54) is 12.0 Å². The topological polar surface area (TPSA) is 62.7 Å². The number of aryl methyl sites for hydroxylation is 1. The first-order valence-electron chi connectivity index (χ1n) is 5.93. The molecule has 0 saturated heterocycles. The van der Waals surface area contributed by atoms with Gasteiger partial charge in [-0.05, 0) is 24.1 Å². The predicted molar refractivity (Wildman–Crippen MR) is 68.1 cm³/mol. The summed E-state index contributed by atoms with van der Waals surface area (Å²) in [6.07, 6.45) is 3.91. The fourth-order valence-corrected chi connectivity index (χ4v) is 1.65. The molecule has 1 unspecified atom stereocenters. The Kier molecular flexibility index (Phi) is 6.32. The Morgan fingerprint density at radius 3 is 2.78 bits per heavy atom. The molecule has 0 aliphatic heterocycles. The summed E-state index contributed by atoms with van der Waals surface area (Å²) in [6, 6.07) is 3.79. The van der Waals surface area contributed by atoms with Crippen molar-refractivity contribution in [3.8, 4) is 0 Å². The van der Waals surface area contributed by atoms with Gasteiger partial charge in [0.25, 0.3) is 0 Å². The summed E-state index contributed by atoms with van der Waals surface area (Å²) in [5, 5.41) is 9.53. The molecule has 5 heteroatoms. The molecular formula is C13H20N2O3. The number of ether oxygens (including phenoxy) is 1. The number of aromatic nitrogens is 1. The maximum Gasteiger partial charge on any atom is 0.222 e. The third kappa shape index (κ3) is 5.25. The van der Waals surface area contributed by atoms with Crippen LogP contribution in [-0.2, 0) is 16.0 Å². The second-order valence-electron chi connectivity index (χ2n) is 4.24. The van der Waals surface area contributed by atoms with Crippen molar-refractivity contribution in [3.05, 3.63) is 30.1 Å². The van der Waals surface area contributed by atoms with Gasteiger partial charge < -0.3 is 14.7 Å². The van der Waals surface area contributed by atoms with Crippen molar-refractivity contribution in [1.29, 1.82) is 0 Å². The molecule has 1 N–H and O–H groups in total. The van der Waals surface area contributed by atoms with Crippen LogP contribution < -0.4 is 0 Å². The monoisotopic (exact) mass is 252 g/mol. The van der Waals surface area contributed by atoms with E-state index in [-0.39, 0.29) is 12.5 Å². The quantitative estimate of drug-likeness (QED) is 0.766. The highest BCUT2D eigenvalue weighted by molar-refractivity contribution is 5.76. The maximum absolute atomic E-state index is 11.8. The van der Waals surface area contributed by atoms with Crippen LogP contribution in [0.5, 0.6) is 0 Å². The Morgan fingerprint density at radius 1 is 1.50 bits per heavy atom. The second-order valence-corrected chi connectivity index (χ2v) is 4.24. The number of pyridine rings is 1. The molecule has 0 radical (unpaired) electrons. The lowest BCUT2D eigenvalue weighted by Gasteiger charge is -2.20. The first kappa shape index (κ1) is 14.6. The molecule has 1 aromatic heterocycles.